The Hall–Kier alpha value is -1.13. The molecule has 0 bridgehead atoms. The molecule has 0 aliphatic carbocycles. The zero-order valence-electron chi connectivity index (χ0n) is 9.15. The van der Waals surface area contributed by atoms with Crippen molar-refractivity contribution in [2.45, 2.75) is 13.3 Å². The molecule has 1 aromatic heterocycles. The predicted molar refractivity (Wildman–Crippen MR) is 68.8 cm³/mol. The number of nitrogens with two attached hydrogens (primary N) is 1. The minimum Gasteiger partial charge on any atom is -0.330 e. The topological polar surface area (TPSA) is 43.8 Å². The molecule has 3 nitrogen and oxygen atoms in total. The van der Waals surface area contributed by atoms with Gasteiger partial charge in [0.25, 0.3) is 0 Å². The van der Waals surface area contributed by atoms with Crippen LogP contribution >= 0.6 is 15.9 Å². The summed E-state index contributed by atoms with van der Waals surface area (Å²) in [7, 11) is 0. The van der Waals surface area contributed by atoms with E-state index in [1.54, 1.807) is 0 Å². The Kier molecular flexibility index (Phi) is 3.41. The number of halogens is 1. The van der Waals surface area contributed by atoms with E-state index in [0.29, 0.717) is 6.54 Å². The Morgan fingerprint density at radius 1 is 1.44 bits per heavy atom. The predicted octanol–water partition coefficient (Wildman–Crippen LogP) is 2.44. The SMILES string of the molecule is Cc1c(Br)cccc1-n1cncc1CCN. The minimum absolute atomic E-state index is 0.638. The largest absolute Gasteiger partial charge is 0.330 e. The van der Waals surface area contributed by atoms with Gasteiger partial charge in [0, 0.05) is 22.8 Å². The summed E-state index contributed by atoms with van der Waals surface area (Å²) in [4.78, 5) is 4.18. The van der Waals surface area contributed by atoms with Crippen LogP contribution in [0.3, 0.4) is 0 Å². The number of nitrogens with zero attached hydrogens (tertiary/aromatic N) is 2. The van der Waals surface area contributed by atoms with Crippen molar-refractivity contribution in [2.75, 3.05) is 6.54 Å². The molecule has 84 valence electrons. The quantitative estimate of drug-likeness (QED) is 0.938. The lowest BCUT2D eigenvalue weighted by molar-refractivity contribution is 0.869. The summed E-state index contributed by atoms with van der Waals surface area (Å²) in [5.41, 5.74) is 9.08. The number of imidazole rings is 1. The second-order valence-electron chi connectivity index (χ2n) is 3.68. The van der Waals surface area contributed by atoms with Crippen LogP contribution in [-0.2, 0) is 6.42 Å². The molecule has 1 aromatic carbocycles. The number of aromatic nitrogens is 2. The maximum Gasteiger partial charge on any atom is 0.0994 e. The Bertz CT molecular complexity index is 491. The molecular formula is C12H14BrN3. The summed E-state index contributed by atoms with van der Waals surface area (Å²) < 4.78 is 3.20. The Morgan fingerprint density at radius 2 is 2.25 bits per heavy atom. The van der Waals surface area contributed by atoms with E-state index < -0.39 is 0 Å². The zero-order valence-corrected chi connectivity index (χ0v) is 10.7. The Morgan fingerprint density at radius 3 is 3.00 bits per heavy atom. The number of hydrogen-bond acceptors (Lipinski definition) is 2. The molecule has 0 fully saturated rings. The van der Waals surface area contributed by atoms with Crippen LogP contribution in [0.25, 0.3) is 5.69 Å². The van der Waals surface area contributed by atoms with Gasteiger partial charge in [-0.15, -0.1) is 0 Å². The molecule has 0 spiro atoms. The molecule has 2 rings (SSSR count). The lowest BCUT2D eigenvalue weighted by atomic mass is 10.2. The maximum atomic E-state index is 5.58. The van der Waals surface area contributed by atoms with E-state index in [-0.39, 0.29) is 0 Å². The van der Waals surface area contributed by atoms with E-state index >= 15 is 0 Å². The Balaban J connectivity index is 2.50. The van der Waals surface area contributed by atoms with Crippen LogP contribution in [0.15, 0.2) is 35.2 Å². The third-order valence-electron chi connectivity index (χ3n) is 2.61. The van der Waals surface area contributed by atoms with Gasteiger partial charge in [0.15, 0.2) is 0 Å². The molecule has 0 aliphatic rings. The van der Waals surface area contributed by atoms with Gasteiger partial charge in [-0.3, -0.25) is 0 Å². The minimum atomic E-state index is 0.638. The fraction of sp³-hybridized carbons (Fsp3) is 0.250. The van der Waals surface area contributed by atoms with Gasteiger partial charge in [0.05, 0.1) is 12.0 Å². The number of benzene rings is 1. The summed E-state index contributed by atoms with van der Waals surface area (Å²) in [5, 5.41) is 0. The average Bonchev–Trinajstić information content (AvgIpc) is 2.71. The highest BCUT2D eigenvalue weighted by Crippen LogP contribution is 2.23. The van der Waals surface area contributed by atoms with Gasteiger partial charge >= 0.3 is 0 Å². The summed E-state index contributed by atoms with van der Waals surface area (Å²) in [5.74, 6) is 0. The molecule has 0 atom stereocenters. The second kappa shape index (κ2) is 4.80. The fourth-order valence-electron chi connectivity index (χ4n) is 1.73. The van der Waals surface area contributed by atoms with E-state index in [1.807, 2.05) is 24.7 Å². The van der Waals surface area contributed by atoms with E-state index in [9.17, 15) is 0 Å². The average molecular weight is 280 g/mol. The van der Waals surface area contributed by atoms with Crippen LogP contribution in [0, 0.1) is 6.92 Å². The van der Waals surface area contributed by atoms with Crippen LogP contribution in [-0.4, -0.2) is 16.1 Å². The highest BCUT2D eigenvalue weighted by Gasteiger charge is 2.07. The van der Waals surface area contributed by atoms with Crippen molar-refractivity contribution in [1.82, 2.24) is 9.55 Å². The monoisotopic (exact) mass is 279 g/mol. The molecule has 0 saturated heterocycles. The highest BCUT2D eigenvalue weighted by atomic mass is 79.9. The first-order valence-electron chi connectivity index (χ1n) is 5.21. The summed E-state index contributed by atoms with van der Waals surface area (Å²) >= 11 is 3.54. The van der Waals surface area contributed by atoms with Gasteiger partial charge in [0.1, 0.15) is 0 Å². The van der Waals surface area contributed by atoms with Crippen LogP contribution in [0.4, 0.5) is 0 Å². The number of rotatable bonds is 3. The molecule has 0 saturated carbocycles. The van der Waals surface area contributed by atoms with E-state index in [1.165, 1.54) is 5.56 Å². The third kappa shape index (κ3) is 2.03. The van der Waals surface area contributed by atoms with Crippen molar-refractivity contribution in [1.29, 1.82) is 0 Å². The first kappa shape index (κ1) is 11.4. The summed E-state index contributed by atoms with van der Waals surface area (Å²) in [6.45, 7) is 2.73. The lowest BCUT2D eigenvalue weighted by Crippen LogP contribution is -2.08. The van der Waals surface area contributed by atoms with Crippen molar-refractivity contribution in [3.8, 4) is 5.69 Å². The van der Waals surface area contributed by atoms with Crippen molar-refractivity contribution < 1.29 is 0 Å². The van der Waals surface area contributed by atoms with Crippen molar-refractivity contribution >= 4 is 15.9 Å². The molecule has 0 amide bonds. The first-order chi connectivity index (χ1) is 7.74. The molecule has 4 heteroatoms. The van der Waals surface area contributed by atoms with Gasteiger partial charge < -0.3 is 10.3 Å². The first-order valence-corrected chi connectivity index (χ1v) is 6.00. The standard InChI is InChI=1S/C12H14BrN3/c1-9-11(13)3-2-4-12(9)16-8-15-7-10(16)5-6-14/h2-4,7-8H,5-6,14H2,1H3. The number of hydrogen-bond donors (Lipinski definition) is 1. The van der Waals surface area contributed by atoms with E-state index in [4.69, 9.17) is 5.73 Å². The van der Waals surface area contributed by atoms with Gasteiger partial charge in [-0.2, -0.15) is 0 Å². The second-order valence-corrected chi connectivity index (χ2v) is 4.53. The van der Waals surface area contributed by atoms with Gasteiger partial charge in [-0.1, -0.05) is 22.0 Å². The third-order valence-corrected chi connectivity index (χ3v) is 3.47. The summed E-state index contributed by atoms with van der Waals surface area (Å²) in [6, 6.07) is 6.15. The van der Waals surface area contributed by atoms with Gasteiger partial charge in [0.2, 0.25) is 0 Å². The van der Waals surface area contributed by atoms with E-state index in [0.717, 1.165) is 22.3 Å². The molecule has 2 N–H and O–H groups in total. The molecule has 16 heavy (non-hydrogen) atoms. The highest BCUT2D eigenvalue weighted by molar-refractivity contribution is 9.10. The molecular weight excluding hydrogens is 266 g/mol. The molecule has 2 aromatic rings. The van der Waals surface area contributed by atoms with Gasteiger partial charge in [-0.05, 0) is 31.2 Å². The lowest BCUT2D eigenvalue weighted by Gasteiger charge is -2.11. The smallest absolute Gasteiger partial charge is 0.0994 e. The molecule has 1 heterocycles. The Labute approximate surface area is 103 Å². The van der Waals surface area contributed by atoms with Crippen molar-refractivity contribution in [3.63, 3.8) is 0 Å². The zero-order chi connectivity index (χ0) is 11.5. The molecule has 0 aliphatic heterocycles. The molecule has 0 unspecified atom stereocenters. The van der Waals surface area contributed by atoms with Crippen LogP contribution in [0.2, 0.25) is 0 Å². The van der Waals surface area contributed by atoms with E-state index in [2.05, 4.69) is 38.5 Å². The van der Waals surface area contributed by atoms with Crippen LogP contribution in [0.5, 0.6) is 0 Å². The van der Waals surface area contributed by atoms with Crippen LogP contribution < -0.4 is 5.73 Å². The summed E-state index contributed by atoms with van der Waals surface area (Å²) in [6.07, 6.45) is 4.54. The normalized spacial score (nSPS) is 10.7. The van der Waals surface area contributed by atoms with Crippen molar-refractivity contribution in [3.05, 3.63) is 46.5 Å². The van der Waals surface area contributed by atoms with Crippen molar-refractivity contribution in [2.24, 2.45) is 5.73 Å². The van der Waals surface area contributed by atoms with Crippen LogP contribution in [0.1, 0.15) is 11.3 Å². The van der Waals surface area contributed by atoms with Gasteiger partial charge in [-0.25, -0.2) is 4.98 Å². The maximum absolute atomic E-state index is 5.58. The fourth-order valence-corrected chi connectivity index (χ4v) is 2.08. The molecule has 0 radical (unpaired) electrons.